The first kappa shape index (κ1) is 16.5. The lowest BCUT2D eigenvalue weighted by Gasteiger charge is -2.13. The number of halogens is 2. The topological polar surface area (TPSA) is 25.2 Å². The van der Waals surface area contributed by atoms with Gasteiger partial charge in [-0.1, -0.05) is 46.3 Å². The third-order valence-corrected chi connectivity index (χ3v) is 4.89. The Hall–Kier alpha value is -1.36. The van der Waals surface area contributed by atoms with Crippen LogP contribution in [0.5, 0.6) is 0 Å². The molecular weight excluding hydrogens is 418 g/mol. The minimum absolute atomic E-state index is 0.282. The number of nitrogens with one attached hydrogen (secondary N) is 1. The summed E-state index contributed by atoms with van der Waals surface area (Å²) in [7, 11) is 0. The molecule has 1 atom stereocenters. The van der Waals surface area contributed by atoms with Gasteiger partial charge in [-0.2, -0.15) is 0 Å². The second-order valence-electron chi connectivity index (χ2n) is 5.40. The standard InChI is InChI=1S/C19H17Br2NO/c1-13(14-5-3-2-4-6-14)22-12-16-8-10-19(23-16)17-9-7-15(20)11-18(17)21/h2-11,13,22H,12H2,1H3. The molecule has 2 aromatic carbocycles. The lowest BCUT2D eigenvalue weighted by Crippen LogP contribution is -2.17. The van der Waals surface area contributed by atoms with E-state index in [2.05, 4.69) is 68.4 Å². The fourth-order valence-corrected chi connectivity index (χ4v) is 3.66. The quantitative estimate of drug-likeness (QED) is 0.508. The van der Waals surface area contributed by atoms with E-state index in [0.29, 0.717) is 6.54 Å². The fourth-order valence-electron chi connectivity index (χ4n) is 2.42. The second-order valence-corrected chi connectivity index (χ2v) is 7.17. The van der Waals surface area contributed by atoms with Gasteiger partial charge in [0.2, 0.25) is 0 Å². The highest BCUT2D eigenvalue weighted by Crippen LogP contribution is 2.32. The second kappa shape index (κ2) is 7.47. The van der Waals surface area contributed by atoms with Crippen LogP contribution in [0, 0.1) is 0 Å². The number of benzene rings is 2. The summed E-state index contributed by atoms with van der Waals surface area (Å²) in [5.74, 6) is 1.80. The lowest BCUT2D eigenvalue weighted by molar-refractivity contribution is 0.468. The molecule has 1 N–H and O–H groups in total. The Bertz CT molecular complexity index is 783. The molecule has 0 radical (unpaired) electrons. The van der Waals surface area contributed by atoms with Crippen LogP contribution < -0.4 is 5.32 Å². The van der Waals surface area contributed by atoms with Gasteiger partial charge in [-0.25, -0.2) is 0 Å². The molecule has 0 saturated carbocycles. The van der Waals surface area contributed by atoms with Gasteiger partial charge in [-0.15, -0.1) is 0 Å². The SMILES string of the molecule is CC(NCc1ccc(-c2ccc(Br)cc2Br)o1)c1ccccc1. The van der Waals surface area contributed by atoms with Crippen LogP contribution in [-0.2, 0) is 6.54 Å². The van der Waals surface area contributed by atoms with Crippen LogP contribution in [0.25, 0.3) is 11.3 Å². The molecule has 1 heterocycles. The first-order chi connectivity index (χ1) is 11.1. The van der Waals surface area contributed by atoms with Crippen LogP contribution in [0.15, 0.2) is 74.0 Å². The first-order valence-corrected chi connectivity index (χ1v) is 9.04. The van der Waals surface area contributed by atoms with E-state index in [4.69, 9.17) is 4.42 Å². The Labute approximate surface area is 153 Å². The van der Waals surface area contributed by atoms with Crippen molar-refractivity contribution >= 4 is 31.9 Å². The molecule has 0 saturated heterocycles. The molecule has 4 heteroatoms. The predicted octanol–water partition coefficient (Wildman–Crippen LogP) is 6.32. The molecular formula is C19H17Br2NO. The molecule has 3 aromatic rings. The van der Waals surface area contributed by atoms with Crippen LogP contribution in [0.1, 0.15) is 24.3 Å². The maximum Gasteiger partial charge on any atom is 0.135 e. The van der Waals surface area contributed by atoms with Gasteiger partial charge in [0.25, 0.3) is 0 Å². The molecule has 3 rings (SSSR count). The van der Waals surface area contributed by atoms with E-state index < -0.39 is 0 Å². The molecule has 0 amide bonds. The molecule has 0 bridgehead atoms. The molecule has 0 fully saturated rings. The highest BCUT2D eigenvalue weighted by molar-refractivity contribution is 9.11. The van der Waals surface area contributed by atoms with Crippen molar-refractivity contribution in [2.75, 3.05) is 0 Å². The number of hydrogen-bond donors (Lipinski definition) is 1. The van der Waals surface area contributed by atoms with Crippen LogP contribution >= 0.6 is 31.9 Å². The van der Waals surface area contributed by atoms with Crippen LogP contribution in [0.4, 0.5) is 0 Å². The van der Waals surface area contributed by atoms with Crippen molar-refractivity contribution in [3.8, 4) is 11.3 Å². The zero-order valence-electron chi connectivity index (χ0n) is 12.7. The van der Waals surface area contributed by atoms with Gasteiger partial charge in [0.15, 0.2) is 0 Å². The van der Waals surface area contributed by atoms with Crippen LogP contribution in [-0.4, -0.2) is 0 Å². The summed E-state index contributed by atoms with van der Waals surface area (Å²) in [5, 5.41) is 3.49. The molecule has 0 spiro atoms. The van der Waals surface area contributed by atoms with Crippen molar-refractivity contribution in [2.24, 2.45) is 0 Å². The van der Waals surface area contributed by atoms with Gasteiger partial charge in [0.1, 0.15) is 11.5 Å². The minimum atomic E-state index is 0.282. The summed E-state index contributed by atoms with van der Waals surface area (Å²) in [6, 6.07) is 20.8. The normalized spacial score (nSPS) is 12.3. The van der Waals surface area contributed by atoms with Crippen molar-refractivity contribution in [2.45, 2.75) is 19.5 Å². The van der Waals surface area contributed by atoms with Crippen LogP contribution in [0.3, 0.4) is 0 Å². The Morgan fingerprint density at radius 1 is 1.00 bits per heavy atom. The first-order valence-electron chi connectivity index (χ1n) is 7.46. The molecule has 1 unspecified atom stereocenters. The van der Waals surface area contributed by atoms with Gasteiger partial charge in [-0.05, 0) is 58.7 Å². The monoisotopic (exact) mass is 433 g/mol. The van der Waals surface area contributed by atoms with E-state index in [1.807, 2.05) is 36.4 Å². The fraction of sp³-hybridized carbons (Fsp3) is 0.158. The summed E-state index contributed by atoms with van der Waals surface area (Å²) < 4.78 is 8.02. The third-order valence-electron chi connectivity index (χ3n) is 3.74. The molecule has 0 aliphatic rings. The van der Waals surface area contributed by atoms with E-state index in [1.165, 1.54) is 5.56 Å². The van der Waals surface area contributed by atoms with E-state index in [0.717, 1.165) is 26.0 Å². The van der Waals surface area contributed by atoms with Crippen LogP contribution in [0.2, 0.25) is 0 Å². The maximum atomic E-state index is 5.97. The number of hydrogen-bond acceptors (Lipinski definition) is 2. The zero-order valence-corrected chi connectivity index (χ0v) is 15.9. The van der Waals surface area contributed by atoms with Gasteiger partial charge in [0, 0.05) is 20.6 Å². The summed E-state index contributed by atoms with van der Waals surface area (Å²) in [6.45, 7) is 2.86. The Morgan fingerprint density at radius 2 is 1.78 bits per heavy atom. The number of rotatable bonds is 5. The van der Waals surface area contributed by atoms with Gasteiger partial charge in [-0.3, -0.25) is 0 Å². The van der Waals surface area contributed by atoms with Gasteiger partial charge >= 0.3 is 0 Å². The zero-order chi connectivity index (χ0) is 16.2. The van der Waals surface area contributed by atoms with Crippen molar-refractivity contribution in [3.05, 3.63) is 80.9 Å². The third kappa shape index (κ3) is 4.14. The van der Waals surface area contributed by atoms with Crippen molar-refractivity contribution in [1.82, 2.24) is 5.32 Å². The van der Waals surface area contributed by atoms with E-state index in [9.17, 15) is 0 Å². The summed E-state index contributed by atoms with van der Waals surface area (Å²) >= 11 is 7.05. The Morgan fingerprint density at radius 3 is 2.52 bits per heavy atom. The summed E-state index contributed by atoms with van der Waals surface area (Å²) in [6.07, 6.45) is 0. The maximum absolute atomic E-state index is 5.97. The lowest BCUT2D eigenvalue weighted by atomic mass is 10.1. The van der Waals surface area contributed by atoms with E-state index in [1.54, 1.807) is 0 Å². The smallest absolute Gasteiger partial charge is 0.135 e. The van der Waals surface area contributed by atoms with E-state index >= 15 is 0 Å². The highest BCUT2D eigenvalue weighted by atomic mass is 79.9. The predicted molar refractivity (Wildman–Crippen MR) is 101 cm³/mol. The molecule has 1 aromatic heterocycles. The summed E-state index contributed by atoms with van der Waals surface area (Å²) in [4.78, 5) is 0. The van der Waals surface area contributed by atoms with Crippen molar-refractivity contribution in [3.63, 3.8) is 0 Å². The highest BCUT2D eigenvalue weighted by Gasteiger charge is 2.10. The minimum Gasteiger partial charge on any atom is -0.460 e. The average Bonchev–Trinajstić information content (AvgIpc) is 3.02. The summed E-state index contributed by atoms with van der Waals surface area (Å²) in [5.41, 5.74) is 2.32. The Balaban J connectivity index is 1.68. The largest absolute Gasteiger partial charge is 0.460 e. The average molecular weight is 435 g/mol. The molecule has 118 valence electrons. The van der Waals surface area contributed by atoms with E-state index in [-0.39, 0.29) is 6.04 Å². The van der Waals surface area contributed by atoms with Crippen molar-refractivity contribution < 1.29 is 4.42 Å². The van der Waals surface area contributed by atoms with Crippen molar-refractivity contribution in [1.29, 1.82) is 0 Å². The van der Waals surface area contributed by atoms with Gasteiger partial charge < -0.3 is 9.73 Å². The molecule has 0 aliphatic heterocycles. The van der Waals surface area contributed by atoms with Gasteiger partial charge in [0.05, 0.1) is 6.54 Å². The molecule has 2 nitrogen and oxygen atoms in total. The Kier molecular flexibility index (Phi) is 5.36. The molecule has 23 heavy (non-hydrogen) atoms. The number of furan rings is 1. The molecule has 0 aliphatic carbocycles.